The van der Waals surface area contributed by atoms with Gasteiger partial charge in [0.25, 0.3) is 0 Å². The maximum absolute atomic E-state index is 12.2. The van der Waals surface area contributed by atoms with Gasteiger partial charge in [0.1, 0.15) is 5.78 Å². The van der Waals surface area contributed by atoms with Crippen LogP contribution in [0.5, 0.6) is 0 Å². The van der Waals surface area contributed by atoms with E-state index < -0.39 is 6.10 Å². The van der Waals surface area contributed by atoms with Crippen LogP contribution in [0.15, 0.2) is 0 Å². The number of rotatable bonds is 3. The molecule has 1 aliphatic heterocycles. The van der Waals surface area contributed by atoms with Crippen molar-refractivity contribution in [2.75, 3.05) is 0 Å². The molecule has 2 N–H and O–H groups in total. The van der Waals surface area contributed by atoms with Gasteiger partial charge in [-0.15, -0.1) is 0 Å². The predicted octanol–water partition coefficient (Wildman–Crippen LogP) is 1.04. The quantitative estimate of drug-likeness (QED) is 0.757. The third kappa shape index (κ3) is 3.45. The van der Waals surface area contributed by atoms with Crippen LogP contribution in [-0.4, -0.2) is 28.8 Å². The van der Waals surface area contributed by atoms with Crippen molar-refractivity contribution in [3.63, 3.8) is 0 Å². The molecule has 0 aromatic heterocycles. The first kappa shape index (κ1) is 15.2. The highest BCUT2D eigenvalue weighted by atomic mass is 16.3. The van der Waals surface area contributed by atoms with Gasteiger partial charge in [-0.25, -0.2) is 0 Å². The van der Waals surface area contributed by atoms with Gasteiger partial charge in [-0.3, -0.25) is 19.7 Å². The van der Waals surface area contributed by atoms with Gasteiger partial charge in [0.15, 0.2) is 0 Å². The van der Waals surface area contributed by atoms with E-state index >= 15 is 0 Å². The molecule has 5 nitrogen and oxygen atoms in total. The number of hydrogen-bond donors (Lipinski definition) is 2. The van der Waals surface area contributed by atoms with Crippen LogP contribution < -0.4 is 5.32 Å². The minimum Gasteiger partial charge on any atom is -0.392 e. The first-order valence-corrected chi connectivity index (χ1v) is 7.41. The zero-order valence-corrected chi connectivity index (χ0v) is 12.1. The topological polar surface area (TPSA) is 83.5 Å². The molecule has 0 bridgehead atoms. The van der Waals surface area contributed by atoms with E-state index in [4.69, 9.17) is 0 Å². The van der Waals surface area contributed by atoms with Crippen molar-refractivity contribution < 1.29 is 19.5 Å². The number of hydrogen-bond acceptors (Lipinski definition) is 4. The molecule has 1 unspecified atom stereocenters. The van der Waals surface area contributed by atoms with Crippen LogP contribution in [0, 0.1) is 23.7 Å². The average Bonchev–Trinajstić information content (AvgIpc) is 2.32. The van der Waals surface area contributed by atoms with Gasteiger partial charge in [0.05, 0.1) is 6.10 Å². The third-order valence-corrected chi connectivity index (χ3v) is 4.53. The number of carbonyl (C=O) groups is 3. The summed E-state index contributed by atoms with van der Waals surface area (Å²) in [7, 11) is 0. The molecule has 2 amide bonds. The minimum absolute atomic E-state index is 0.00492. The van der Waals surface area contributed by atoms with E-state index in [1.807, 2.05) is 6.92 Å². The summed E-state index contributed by atoms with van der Waals surface area (Å²) in [5.41, 5.74) is 0. The third-order valence-electron chi connectivity index (χ3n) is 4.53. The molecular weight excluding hydrogens is 258 g/mol. The molecule has 1 heterocycles. The number of Topliss-reactive ketones (excluding diaryl/α,β-unsaturated/α-hetero) is 1. The lowest BCUT2D eigenvalue weighted by Crippen LogP contribution is -2.42. The van der Waals surface area contributed by atoms with Crippen LogP contribution in [0.1, 0.15) is 46.0 Å². The first-order valence-electron chi connectivity index (χ1n) is 7.41. The number of ketones is 1. The number of aliphatic hydroxyl groups excluding tert-OH is 1. The Balaban J connectivity index is 1.96. The second-order valence-corrected chi connectivity index (χ2v) is 6.54. The molecule has 0 radical (unpaired) electrons. The van der Waals surface area contributed by atoms with Crippen LogP contribution in [0.25, 0.3) is 0 Å². The Morgan fingerprint density at radius 3 is 2.35 bits per heavy atom. The summed E-state index contributed by atoms with van der Waals surface area (Å²) in [5.74, 6) is -0.499. The van der Waals surface area contributed by atoms with Gasteiger partial charge in [-0.1, -0.05) is 13.8 Å². The van der Waals surface area contributed by atoms with Crippen molar-refractivity contribution in [3.8, 4) is 0 Å². The van der Waals surface area contributed by atoms with Crippen molar-refractivity contribution in [2.24, 2.45) is 23.7 Å². The summed E-state index contributed by atoms with van der Waals surface area (Å²) in [6, 6.07) is 0. The molecule has 112 valence electrons. The van der Waals surface area contributed by atoms with Crippen molar-refractivity contribution in [1.29, 1.82) is 0 Å². The van der Waals surface area contributed by atoms with Gasteiger partial charge in [0.2, 0.25) is 11.8 Å². The molecular formula is C15H23NO4. The van der Waals surface area contributed by atoms with Crippen LogP contribution in [0.2, 0.25) is 0 Å². The molecule has 0 aromatic carbocycles. The highest BCUT2D eigenvalue weighted by Crippen LogP contribution is 2.34. The fraction of sp³-hybridized carbons (Fsp3) is 0.800. The maximum Gasteiger partial charge on any atom is 0.226 e. The molecule has 2 rings (SSSR count). The summed E-state index contributed by atoms with van der Waals surface area (Å²) < 4.78 is 0. The molecule has 1 saturated heterocycles. The maximum atomic E-state index is 12.2. The van der Waals surface area contributed by atoms with E-state index in [0.717, 1.165) is 6.42 Å². The van der Waals surface area contributed by atoms with E-state index in [2.05, 4.69) is 12.2 Å². The molecule has 0 aromatic rings. The fourth-order valence-electron chi connectivity index (χ4n) is 3.60. The summed E-state index contributed by atoms with van der Waals surface area (Å²) in [6.07, 6.45) is 1.72. The summed E-state index contributed by atoms with van der Waals surface area (Å²) in [4.78, 5) is 34.8. The van der Waals surface area contributed by atoms with Gasteiger partial charge in [-0.05, 0) is 31.1 Å². The van der Waals surface area contributed by atoms with E-state index in [1.165, 1.54) is 0 Å². The lowest BCUT2D eigenvalue weighted by atomic mass is 9.71. The second kappa shape index (κ2) is 6.04. The standard InChI is InChI=1S/C15H23NO4/c1-8-3-9(2)15(20)11(4-8)12(17)5-10-6-13(18)16-14(19)7-10/h8-12,17H,3-7H2,1-2H3,(H,16,18,19)/t8-,9-,11?,12+/m0/s1. The first-order chi connectivity index (χ1) is 9.36. The Bertz CT molecular complexity index is 404. The van der Waals surface area contributed by atoms with E-state index in [0.29, 0.717) is 18.8 Å². The monoisotopic (exact) mass is 281 g/mol. The van der Waals surface area contributed by atoms with Crippen molar-refractivity contribution in [3.05, 3.63) is 0 Å². The zero-order chi connectivity index (χ0) is 14.9. The Kier molecular flexibility index (Phi) is 4.58. The Hall–Kier alpha value is -1.23. The van der Waals surface area contributed by atoms with E-state index in [-0.39, 0.29) is 48.2 Å². The Morgan fingerprint density at radius 2 is 1.75 bits per heavy atom. The van der Waals surface area contributed by atoms with Crippen molar-refractivity contribution in [2.45, 2.75) is 52.1 Å². The highest BCUT2D eigenvalue weighted by molar-refractivity contribution is 5.97. The molecule has 0 spiro atoms. The van der Waals surface area contributed by atoms with Crippen LogP contribution in [0.3, 0.4) is 0 Å². The largest absolute Gasteiger partial charge is 0.392 e. The molecule has 20 heavy (non-hydrogen) atoms. The SMILES string of the molecule is C[C@@H]1CC([C@H](O)CC2CC(=O)NC(=O)C2)C(=O)[C@@H](C)C1. The zero-order valence-electron chi connectivity index (χ0n) is 12.1. The number of imide groups is 1. The highest BCUT2D eigenvalue weighted by Gasteiger charge is 2.38. The summed E-state index contributed by atoms with van der Waals surface area (Å²) in [5, 5.41) is 12.6. The summed E-state index contributed by atoms with van der Waals surface area (Å²) >= 11 is 0. The number of piperidine rings is 1. The Morgan fingerprint density at radius 1 is 1.15 bits per heavy atom. The second-order valence-electron chi connectivity index (χ2n) is 6.54. The van der Waals surface area contributed by atoms with Crippen LogP contribution in [0.4, 0.5) is 0 Å². The van der Waals surface area contributed by atoms with E-state index in [1.54, 1.807) is 0 Å². The lowest BCUT2D eigenvalue weighted by Gasteiger charge is -2.34. The molecule has 2 fully saturated rings. The van der Waals surface area contributed by atoms with Crippen LogP contribution in [-0.2, 0) is 14.4 Å². The predicted molar refractivity (Wildman–Crippen MR) is 72.6 cm³/mol. The van der Waals surface area contributed by atoms with Crippen molar-refractivity contribution >= 4 is 17.6 Å². The lowest BCUT2D eigenvalue weighted by molar-refractivity contribution is -0.136. The molecule has 1 saturated carbocycles. The number of nitrogens with one attached hydrogen (secondary N) is 1. The number of carbonyl (C=O) groups excluding carboxylic acids is 3. The smallest absolute Gasteiger partial charge is 0.226 e. The normalized spacial score (nSPS) is 34.0. The minimum atomic E-state index is -0.739. The molecule has 5 heteroatoms. The fourth-order valence-corrected chi connectivity index (χ4v) is 3.60. The Labute approximate surface area is 119 Å². The van der Waals surface area contributed by atoms with Gasteiger partial charge >= 0.3 is 0 Å². The molecule has 4 atom stereocenters. The van der Waals surface area contributed by atoms with E-state index in [9.17, 15) is 19.5 Å². The molecule has 1 aliphatic carbocycles. The number of aliphatic hydroxyl groups is 1. The average molecular weight is 281 g/mol. The number of amides is 2. The van der Waals surface area contributed by atoms with Crippen molar-refractivity contribution in [1.82, 2.24) is 5.32 Å². The summed E-state index contributed by atoms with van der Waals surface area (Å²) in [6.45, 7) is 4.01. The molecule has 2 aliphatic rings. The van der Waals surface area contributed by atoms with Gasteiger partial charge < -0.3 is 5.11 Å². The van der Waals surface area contributed by atoms with Gasteiger partial charge in [0, 0.05) is 24.7 Å². The van der Waals surface area contributed by atoms with Crippen LogP contribution >= 0.6 is 0 Å². The van der Waals surface area contributed by atoms with Gasteiger partial charge in [-0.2, -0.15) is 0 Å².